The molecule has 1 unspecified atom stereocenters. The minimum Gasteiger partial charge on any atom is -0.462 e. The van der Waals surface area contributed by atoms with Gasteiger partial charge in [0.15, 0.2) is 5.79 Å². The van der Waals surface area contributed by atoms with Crippen molar-refractivity contribution in [2.75, 3.05) is 20.0 Å². The van der Waals surface area contributed by atoms with Crippen LogP contribution >= 0.6 is 11.8 Å². The standard InChI is InChI=1S/C40H49F3O9SSi/c1-7-47-35(44)39(51-36(45)40(41,42)43,53-28-18-11-8-12-19-28)25-17-24-31(33-34(32-26-46-27-48-32)50-38(5,6)49-33)52-54(37(2,3)4,29-20-13-9-14-21-29)30-22-15-10-16-23-30/h8-16,18-23,31-34H,7,17,24-27H2,1-6H3/t31-,32+,33+,34+,39?/m0/s1. The van der Waals surface area contributed by atoms with Crippen molar-refractivity contribution < 1.29 is 55.6 Å². The Balaban J connectivity index is 1.61. The Bertz CT molecular complexity index is 1630. The Morgan fingerprint density at radius 2 is 1.46 bits per heavy atom. The zero-order valence-corrected chi connectivity index (χ0v) is 33.2. The zero-order chi connectivity index (χ0) is 39.2. The molecule has 0 spiro atoms. The Labute approximate surface area is 320 Å². The third-order valence-corrected chi connectivity index (χ3v) is 15.7. The molecule has 0 amide bonds. The first-order valence-corrected chi connectivity index (χ1v) is 20.8. The molecule has 14 heteroatoms. The number of benzene rings is 3. The summed E-state index contributed by atoms with van der Waals surface area (Å²) in [6, 6.07) is 28.3. The van der Waals surface area contributed by atoms with Crippen molar-refractivity contribution in [2.45, 2.75) is 112 Å². The average molecular weight is 791 g/mol. The number of hydrogen-bond donors (Lipinski definition) is 0. The Morgan fingerprint density at radius 3 is 1.96 bits per heavy atom. The van der Waals surface area contributed by atoms with E-state index in [2.05, 4.69) is 45.0 Å². The van der Waals surface area contributed by atoms with Gasteiger partial charge < -0.3 is 32.8 Å². The van der Waals surface area contributed by atoms with Gasteiger partial charge in [-0.1, -0.05) is 111 Å². The number of halogens is 3. The van der Waals surface area contributed by atoms with E-state index in [1.165, 1.54) is 6.92 Å². The van der Waals surface area contributed by atoms with Gasteiger partial charge in [-0.3, -0.25) is 0 Å². The number of rotatable bonds is 15. The molecule has 5 atom stereocenters. The molecule has 3 aromatic carbocycles. The smallest absolute Gasteiger partial charge is 0.462 e. The van der Waals surface area contributed by atoms with Crippen molar-refractivity contribution >= 4 is 42.4 Å². The topological polar surface area (TPSA) is 98.8 Å². The molecule has 0 saturated carbocycles. The second-order valence-electron chi connectivity index (χ2n) is 14.7. The van der Waals surface area contributed by atoms with Crippen LogP contribution in [0, 0.1) is 0 Å². The summed E-state index contributed by atoms with van der Waals surface area (Å²) in [4.78, 5) is 24.3. The minimum atomic E-state index is -5.36. The fourth-order valence-corrected chi connectivity index (χ4v) is 13.0. The number of esters is 2. The predicted molar refractivity (Wildman–Crippen MR) is 200 cm³/mol. The van der Waals surface area contributed by atoms with Crippen molar-refractivity contribution in [1.82, 2.24) is 0 Å². The molecule has 0 aliphatic carbocycles. The van der Waals surface area contributed by atoms with Crippen LogP contribution < -0.4 is 10.4 Å². The summed E-state index contributed by atoms with van der Waals surface area (Å²) in [6.45, 7) is 11.7. The van der Waals surface area contributed by atoms with E-state index < -0.39 is 66.6 Å². The first-order valence-electron chi connectivity index (χ1n) is 18.1. The number of hydrogen-bond acceptors (Lipinski definition) is 10. The summed E-state index contributed by atoms with van der Waals surface area (Å²) in [6.07, 6.45) is -8.08. The van der Waals surface area contributed by atoms with E-state index in [9.17, 15) is 22.8 Å². The van der Waals surface area contributed by atoms with Gasteiger partial charge in [-0.25, -0.2) is 9.59 Å². The molecule has 0 aromatic heterocycles. The highest BCUT2D eigenvalue weighted by Crippen LogP contribution is 2.44. The molecule has 3 aromatic rings. The molecule has 2 saturated heterocycles. The Hall–Kier alpha value is -3.24. The van der Waals surface area contributed by atoms with Gasteiger partial charge in [0.25, 0.3) is 13.3 Å². The van der Waals surface area contributed by atoms with E-state index in [1.54, 1.807) is 44.2 Å². The largest absolute Gasteiger partial charge is 0.490 e. The van der Waals surface area contributed by atoms with E-state index in [0.717, 1.165) is 10.4 Å². The maximum absolute atomic E-state index is 13.8. The number of carbonyl (C=O) groups excluding carboxylic acids is 2. The monoisotopic (exact) mass is 790 g/mol. The normalized spacial score (nSPS) is 22.0. The third kappa shape index (κ3) is 9.58. The molecule has 54 heavy (non-hydrogen) atoms. The molecule has 2 aliphatic heterocycles. The highest BCUT2D eigenvalue weighted by atomic mass is 32.2. The molecule has 0 radical (unpaired) electrons. The number of carbonyl (C=O) groups is 2. The van der Waals surface area contributed by atoms with Gasteiger partial charge in [-0.15, -0.1) is 0 Å². The molecule has 2 fully saturated rings. The maximum Gasteiger partial charge on any atom is 0.490 e. The van der Waals surface area contributed by atoms with Crippen molar-refractivity contribution in [1.29, 1.82) is 0 Å². The maximum atomic E-state index is 13.8. The van der Waals surface area contributed by atoms with E-state index >= 15 is 0 Å². The molecule has 5 rings (SSSR count). The van der Waals surface area contributed by atoms with Gasteiger partial charge >= 0.3 is 18.1 Å². The lowest BCUT2D eigenvalue weighted by atomic mass is 9.98. The van der Waals surface area contributed by atoms with Gasteiger partial charge in [0.1, 0.15) is 25.1 Å². The van der Waals surface area contributed by atoms with E-state index in [-0.39, 0.29) is 39.3 Å². The summed E-state index contributed by atoms with van der Waals surface area (Å²) in [5.41, 5.74) is 0. The number of ether oxygens (including phenoxy) is 6. The lowest BCUT2D eigenvalue weighted by molar-refractivity contribution is -0.211. The highest BCUT2D eigenvalue weighted by molar-refractivity contribution is 8.01. The van der Waals surface area contributed by atoms with E-state index in [4.69, 9.17) is 32.8 Å². The van der Waals surface area contributed by atoms with Crippen molar-refractivity contribution in [3.05, 3.63) is 91.0 Å². The van der Waals surface area contributed by atoms with Crippen molar-refractivity contribution in [2.24, 2.45) is 0 Å². The lowest BCUT2D eigenvalue weighted by Gasteiger charge is -2.46. The minimum absolute atomic E-state index is 0.0572. The van der Waals surface area contributed by atoms with E-state index in [1.807, 2.05) is 36.4 Å². The molecular formula is C40H49F3O9SSi. The van der Waals surface area contributed by atoms with Crippen LogP contribution in [0.25, 0.3) is 0 Å². The summed E-state index contributed by atoms with van der Waals surface area (Å²) >= 11 is 0.702. The van der Waals surface area contributed by atoms with Crippen LogP contribution in [0.3, 0.4) is 0 Å². The fourth-order valence-electron chi connectivity index (χ4n) is 7.11. The average Bonchev–Trinajstić information content (AvgIpc) is 3.78. The van der Waals surface area contributed by atoms with Crippen LogP contribution in [0.2, 0.25) is 5.04 Å². The Kier molecular flexibility index (Phi) is 13.4. The van der Waals surface area contributed by atoms with Crippen LogP contribution in [0.1, 0.15) is 60.8 Å². The molecule has 294 valence electrons. The molecule has 2 aliphatic rings. The van der Waals surface area contributed by atoms with Gasteiger partial charge in [0.2, 0.25) is 0 Å². The van der Waals surface area contributed by atoms with Crippen molar-refractivity contribution in [3.63, 3.8) is 0 Å². The fraction of sp³-hybridized carbons (Fsp3) is 0.500. The summed E-state index contributed by atoms with van der Waals surface area (Å²) in [7, 11) is -3.28. The van der Waals surface area contributed by atoms with Gasteiger partial charge in [0, 0.05) is 11.3 Å². The first-order chi connectivity index (χ1) is 25.5. The SMILES string of the molecule is CCOC(=O)C(CCC[C@H](O[Si](c1ccccc1)(c1ccccc1)C(C)(C)C)[C@H]1OC(C)(C)O[C@@H]1[C@H]1COCO1)(OC(=O)C(F)(F)F)Sc1ccccc1. The molecule has 0 bridgehead atoms. The Morgan fingerprint density at radius 1 is 0.889 bits per heavy atom. The number of alkyl halides is 3. The zero-order valence-electron chi connectivity index (χ0n) is 31.4. The molecule has 9 nitrogen and oxygen atoms in total. The van der Waals surface area contributed by atoms with Gasteiger partial charge in [-0.2, -0.15) is 13.2 Å². The first kappa shape index (κ1) is 41.9. The van der Waals surface area contributed by atoms with Gasteiger partial charge in [0.05, 0.1) is 19.3 Å². The second kappa shape index (κ2) is 17.3. The predicted octanol–water partition coefficient (Wildman–Crippen LogP) is 7.15. The third-order valence-electron chi connectivity index (χ3n) is 9.38. The van der Waals surface area contributed by atoms with Crippen LogP contribution in [-0.4, -0.2) is 81.6 Å². The highest BCUT2D eigenvalue weighted by Gasteiger charge is 2.57. The summed E-state index contributed by atoms with van der Waals surface area (Å²) in [5.74, 6) is -4.64. The summed E-state index contributed by atoms with van der Waals surface area (Å²) in [5, 5.41) is 1.55. The quantitative estimate of drug-likeness (QED) is 0.0684. The van der Waals surface area contributed by atoms with Crippen LogP contribution in [0.5, 0.6) is 0 Å². The van der Waals surface area contributed by atoms with Crippen LogP contribution in [0.4, 0.5) is 13.2 Å². The lowest BCUT2D eigenvalue weighted by Crippen LogP contribution is -2.69. The summed E-state index contributed by atoms with van der Waals surface area (Å²) < 4.78 is 84.1. The molecule has 0 N–H and O–H groups in total. The van der Waals surface area contributed by atoms with Crippen LogP contribution in [-0.2, 0) is 42.4 Å². The second-order valence-corrected chi connectivity index (χ2v) is 20.3. The molecule has 2 heterocycles. The van der Waals surface area contributed by atoms with Crippen LogP contribution in [0.15, 0.2) is 95.9 Å². The van der Waals surface area contributed by atoms with Gasteiger partial charge in [-0.05, 0) is 61.2 Å². The van der Waals surface area contributed by atoms with Crippen molar-refractivity contribution in [3.8, 4) is 0 Å². The van der Waals surface area contributed by atoms with E-state index in [0.29, 0.717) is 16.7 Å². The molecular weight excluding hydrogens is 742 g/mol. The number of thioether (sulfide) groups is 1.